The first-order valence-electron chi connectivity index (χ1n) is 13.7. The fraction of sp³-hybridized carbons (Fsp3) is 0.548. The van der Waals surface area contributed by atoms with E-state index in [1.54, 1.807) is 0 Å². The summed E-state index contributed by atoms with van der Waals surface area (Å²) in [6.45, 7) is 15.5. The molecule has 0 unspecified atom stereocenters. The molecular weight excluding hydrogens is 480 g/mol. The van der Waals surface area contributed by atoms with Crippen LogP contribution in [0.2, 0.25) is 0 Å². The first-order valence-corrected chi connectivity index (χ1v) is 13.7. The van der Waals surface area contributed by atoms with Gasteiger partial charge in [-0.15, -0.1) is 0 Å². The van der Waals surface area contributed by atoms with E-state index in [0.717, 1.165) is 84.8 Å². The van der Waals surface area contributed by atoms with Crippen molar-refractivity contribution in [3.05, 3.63) is 46.3 Å². The maximum absolute atomic E-state index is 13.3. The number of esters is 1. The van der Waals surface area contributed by atoms with E-state index in [9.17, 15) is 4.79 Å². The van der Waals surface area contributed by atoms with Crippen LogP contribution in [0.4, 0.5) is 0 Å². The summed E-state index contributed by atoms with van der Waals surface area (Å²) in [5.74, 6) is 1.11. The average Bonchev–Trinajstić information content (AvgIpc) is 3.08. The van der Waals surface area contributed by atoms with Gasteiger partial charge in [0, 0.05) is 40.4 Å². The Balaban J connectivity index is 1.78. The van der Waals surface area contributed by atoms with Gasteiger partial charge in [0.05, 0.1) is 32.5 Å². The van der Waals surface area contributed by atoms with Gasteiger partial charge in [-0.3, -0.25) is 0 Å². The molecule has 7 nitrogen and oxygen atoms in total. The second-order valence-electron chi connectivity index (χ2n) is 11.6. The van der Waals surface area contributed by atoms with Crippen LogP contribution in [0.1, 0.15) is 67.8 Å². The van der Waals surface area contributed by atoms with Crippen molar-refractivity contribution in [2.45, 2.75) is 79.1 Å². The van der Waals surface area contributed by atoms with Crippen LogP contribution in [-0.4, -0.2) is 48.1 Å². The maximum atomic E-state index is 13.3. The predicted octanol–water partition coefficient (Wildman–Crippen LogP) is 6.02. The van der Waals surface area contributed by atoms with Gasteiger partial charge in [-0.25, -0.2) is 9.78 Å². The van der Waals surface area contributed by atoms with Gasteiger partial charge in [0.2, 0.25) is 0 Å². The van der Waals surface area contributed by atoms with Gasteiger partial charge in [0.15, 0.2) is 6.10 Å². The van der Waals surface area contributed by atoms with E-state index in [4.69, 9.17) is 23.9 Å². The van der Waals surface area contributed by atoms with Crippen molar-refractivity contribution in [1.82, 2.24) is 9.55 Å². The minimum absolute atomic E-state index is 0.425. The number of rotatable bonds is 7. The molecule has 4 heterocycles. The Morgan fingerprint density at radius 2 is 1.97 bits per heavy atom. The van der Waals surface area contributed by atoms with E-state index < -0.39 is 17.7 Å². The first-order chi connectivity index (χ1) is 18.1. The van der Waals surface area contributed by atoms with Gasteiger partial charge in [0.25, 0.3) is 0 Å². The Morgan fingerprint density at radius 1 is 1.21 bits per heavy atom. The van der Waals surface area contributed by atoms with Crippen LogP contribution in [-0.2, 0) is 32.0 Å². The quantitative estimate of drug-likeness (QED) is 0.355. The highest BCUT2D eigenvalue weighted by molar-refractivity contribution is 6.01. The van der Waals surface area contributed by atoms with Crippen molar-refractivity contribution in [1.29, 1.82) is 0 Å². The SMILES string of the molecule is COC(=O)[C@@H](OC(C)(C)C)c1c(C)nc2c(c(C)c(C)n2CCC2COC2)c1-c1ccc2c(c1)CCCO2. The predicted molar refractivity (Wildman–Crippen MR) is 148 cm³/mol. The Hall–Kier alpha value is -2.90. The number of fused-ring (bicyclic) bond motifs is 2. The van der Waals surface area contributed by atoms with Crippen LogP contribution < -0.4 is 4.74 Å². The Bertz CT molecular complexity index is 1360. The summed E-state index contributed by atoms with van der Waals surface area (Å²) in [5, 5.41) is 1.07. The fourth-order valence-corrected chi connectivity index (χ4v) is 5.65. The summed E-state index contributed by atoms with van der Waals surface area (Å²) in [7, 11) is 1.41. The Kier molecular flexibility index (Phi) is 7.27. The summed E-state index contributed by atoms with van der Waals surface area (Å²) in [6.07, 6.45) is 2.10. The first kappa shape index (κ1) is 26.7. The number of aromatic nitrogens is 2. The number of benzene rings is 1. The van der Waals surface area contributed by atoms with Crippen molar-refractivity contribution in [2.75, 3.05) is 26.9 Å². The minimum Gasteiger partial charge on any atom is -0.493 e. The Morgan fingerprint density at radius 3 is 2.63 bits per heavy atom. The third-order valence-electron chi connectivity index (χ3n) is 7.80. The molecule has 1 saturated heterocycles. The van der Waals surface area contributed by atoms with E-state index in [2.05, 4.69) is 36.6 Å². The minimum atomic E-state index is -0.908. The van der Waals surface area contributed by atoms with E-state index >= 15 is 0 Å². The molecule has 0 radical (unpaired) electrons. The lowest BCUT2D eigenvalue weighted by Crippen LogP contribution is -2.29. The number of pyridine rings is 1. The summed E-state index contributed by atoms with van der Waals surface area (Å²) in [6, 6.07) is 6.38. The third kappa shape index (κ3) is 4.94. The van der Waals surface area contributed by atoms with Crippen molar-refractivity contribution in [3.8, 4) is 16.9 Å². The van der Waals surface area contributed by atoms with Crippen LogP contribution >= 0.6 is 0 Å². The zero-order chi connectivity index (χ0) is 27.2. The molecule has 1 aromatic carbocycles. The van der Waals surface area contributed by atoms with E-state index in [1.807, 2.05) is 27.7 Å². The molecule has 0 bridgehead atoms. The van der Waals surface area contributed by atoms with Gasteiger partial charge in [-0.1, -0.05) is 6.07 Å². The third-order valence-corrected chi connectivity index (χ3v) is 7.80. The number of hydrogen-bond acceptors (Lipinski definition) is 6. The number of methoxy groups -OCH3 is 1. The lowest BCUT2D eigenvalue weighted by atomic mass is 9.89. The van der Waals surface area contributed by atoms with Crippen LogP contribution in [0, 0.1) is 26.7 Å². The van der Waals surface area contributed by atoms with Gasteiger partial charge < -0.3 is 23.5 Å². The van der Waals surface area contributed by atoms with Gasteiger partial charge in [-0.2, -0.15) is 0 Å². The highest BCUT2D eigenvalue weighted by atomic mass is 16.6. The lowest BCUT2D eigenvalue weighted by molar-refractivity contribution is -0.164. The number of carbonyl (C=O) groups excluding carboxylic acids is 1. The molecular formula is C31H40N2O5. The molecule has 7 heteroatoms. The molecule has 38 heavy (non-hydrogen) atoms. The number of nitrogens with zero attached hydrogens (tertiary/aromatic N) is 2. The van der Waals surface area contributed by atoms with Crippen LogP contribution in [0.25, 0.3) is 22.2 Å². The summed E-state index contributed by atoms with van der Waals surface area (Å²) < 4.78 is 25.3. The molecule has 2 aliphatic heterocycles. The van der Waals surface area contributed by atoms with E-state index in [1.165, 1.54) is 23.9 Å². The standard InChI is InChI=1S/C31H40N2O5/c1-18-20(3)33(13-12-21-16-36-17-21)29-25(18)27(23-10-11-24-22(15-23)9-8-14-37-24)26(19(2)32-29)28(30(34)35-7)38-31(4,5)6/h10-11,15,21,28H,8-9,12-14,16-17H2,1-7H3/t28-/m0/s1. The summed E-state index contributed by atoms with van der Waals surface area (Å²) >= 11 is 0. The number of ether oxygens (including phenoxy) is 4. The second kappa shape index (κ2) is 10.3. The molecule has 2 aromatic heterocycles. The summed E-state index contributed by atoms with van der Waals surface area (Å²) in [5.41, 5.74) is 7.50. The molecule has 3 aromatic rings. The number of hydrogen-bond donors (Lipinski definition) is 0. The molecule has 2 aliphatic rings. The van der Waals surface area contributed by atoms with Crippen LogP contribution in [0.3, 0.4) is 0 Å². The zero-order valence-electron chi connectivity index (χ0n) is 23.8. The molecule has 204 valence electrons. The van der Waals surface area contributed by atoms with Gasteiger partial charge in [-0.05, 0) is 89.6 Å². The normalized spacial score (nSPS) is 16.6. The van der Waals surface area contributed by atoms with Crippen molar-refractivity contribution < 1.29 is 23.7 Å². The zero-order valence-corrected chi connectivity index (χ0v) is 23.8. The van der Waals surface area contributed by atoms with Crippen molar-refractivity contribution >= 4 is 17.0 Å². The molecule has 0 N–H and O–H groups in total. The molecule has 0 saturated carbocycles. The van der Waals surface area contributed by atoms with Gasteiger partial charge >= 0.3 is 5.97 Å². The second-order valence-corrected chi connectivity index (χ2v) is 11.6. The number of aryl methyl sites for hydroxylation is 4. The van der Waals surface area contributed by atoms with Gasteiger partial charge in [0.1, 0.15) is 11.4 Å². The molecule has 0 aliphatic carbocycles. The van der Waals surface area contributed by atoms with E-state index in [0.29, 0.717) is 5.92 Å². The molecule has 0 spiro atoms. The van der Waals surface area contributed by atoms with E-state index in [-0.39, 0.29) is 0 Å². The largest absolute Gasteiger partial charge is 0.493 e. The summed E-state index contributed by atoms with van der Waals surface area (Å²) in [4.78, 5) is 18.4. The maximum Gasteiger partial charge on any atom is 0.339 e. The smallest absolute Gasteiger partial charge is 0.339 e. The fourth-order valence-electron chi connectivity index (χ4n) is 5.65. The topological polar surface area (TPSA) is 71.8 Å². The molecule has 1 atom stereocenters. The molecule has 1 fully saturated rings. The highest BCUT2D eigenvalue weighted by Gasteiger charge is 2.35. The molecule has 0 amide bonds. The lowest BCUT2D eigenvalue weighted by Gasteiger charge is -2.29. The van der Waals surface area contributed by atoms with Crippen LogP contribution in [0.5, 0.6) is 5.75 Å². The number of carbonyl (C=O) groups is 1. The van der Waals surface area contributed by atoms with Crippen molar-refractivity contribution in [3.63, 3.8) is 0 Å². The van der Waals surface area contributed by atoms with Crippen LogP contribution in [0.15, 0.2) is 18.2 Å². The molecule has 5 rings (SSSR count). The van der Waals surface area contributed by atoms with Crippen molar-refractivity contribution in [2.24, 2.45) is 5.92 Å². The Labute approximate surface area is 225 Å². The average molecular weight is 521 g/mol. The highest BCUT2D eigenvalue weighted by Crippen LogP contribution is 2.43. The monoisotopic (exact) mass is 520 g/mol.